The maximum atomic E-state index is 12.1. The van der Waals surface area contributed by atoms with E-state index in [0.717, 1.165) is 5.56 Å². The monoisotopic (exact) mass is 386 g/mol. The van der Waals surface area contributed by atoms with Gasteiger partial charge in [-0.05, 0) is 56.0 Å². The lowest BCUT2D eigenvalue weighted by atomic mass is 10.0. The molecule has 3 rings (SSSR count). The molecule has 6 nitrogen and oxygen atoms in total. The Kier molecular flexibility index (Phi) is 5.51. The van der Waals surface area contributed by atoms with Crippen molar-refractivity contribution in [3.05, 3.63) is 77.0 Å². The number of aromatic hydroxyl groups is 1. The molecule has 7 heteroatoms. The first-order valence-electron chi connectivity index (χ1n) is 8.52. The Morgan fingerprint density at radius 2 is 1.85 bits per heavy atom. The minimum absolute atomic E-state index is 0.0428. The van der Waals surface area contributed by atoms with Crippen molar-refractivity contribution in [2.24, 2.45) is 0 Å². The van der Waals surface area contributed by atoms with Crippen molar-refractivity contribution in [1.82, 2.24) is 0 Å². The summed E-state index contributed by atoms with van der Waals surface area (Å²) in [5.41, 5.74) is 1.47. The van der Waals surface area contributed by atoms with Gasteiger partial charge in [-0.15, -0.1) is 0 Å². The zero-order chi connectivity index (χ0) is 19.4. The Morgan fingerprint density at radius 1 is 1.07 bits per heavy atom. The lowest BCUT2D eigenvalue weighted by Crippen LogP contribution is -2.14. The van der Waals surface area contributed by atoms with Crippen LogP contribution in [-0.4, -0.2) is 19.3 Å². The summed E-state index contributed by atoms with van der Waals surface area (Å²) >= 11 is 0. The fourth-order valence-electron chi connectivity index (χ4n) is 2.88. The molecule has 0 aliphatic rings. The van der Waals surface area contributed by atoms with E-state index < -0.39 is 15.6 Å². The van der Waals surface area contributed by atoms with Crippen LogP contribution in [0.1, 0.15) is 17.5 Å². The number of fused-ring (bicyclic) bond motifs is 1. The second-order valence-corrected chi connectivity index (χ2v) is 8.03. The number of aryl methyl sites for hydroxylation is 1. The van der Waals surface area contributed by atoms with Gasteiger partial charge in [-0.2, -0.15) is 0 Å². The van der Waals surface area contributed by atoms with E-state index in [0.29, 0.717) is 35.9 Å². The largest absolute Gasteiger partial charge is 0.507 e. The topological polar surface area (TPSA) is 96.6 Å². The van der Waals surface area contributed by atoms with E-state index in [-0.39, 0.29) is 17.1 Å². The number of benzene rings is 2. The third kappa shape index (κ3) is 4.49. The van der Waals surface area contributed by atoms with E-state index >= 15 is 0 Å². The number of anilines is 1. The predicted molar refractivity (Wildman–Crippen MR) is 105 cm³/mol. The summed E-state index contributed by atoms with van der Waals surface area (Å²) in [4.78, 5) is 12.1. The van der Waals surface area contributed by atoms with Crippen molar-refractivity contribution in [1.29, 1.82) is 0 Å². The van der Waals surface area contributed by atoms with Gasteiger partial charge in [-0.1, -0.05) is 24.3 Å². The molecule has 1 aromatic heterocycles. The normalized spacial score (nSPS) is 11.6. The fourth-order valence-corrected chi connectivity index (χ4v) is 3.47. The molecule has 2 aromatic carbocycles. The molecule has 27 heavy (non-hydrogen) atoms. The third-order valence-corrected chi connectivity index (χ3v) is 5.32. The summed E-state index contributed by atoms with van der Waals surface area (Å²) in [6.07, 6.45) is 1.57. The predicted octanol–water partition coefficient (Wildman–Crippen LogP) is 3.25. The van der Waals surface area contributed by atoms with Gasteiger partial charge in [-0.3, -0.25) is 4.72 Å². The van der Waals surface area contributed by atoms with Gasteiger partial charge < -0.3 is 9.52 Å². The van der Waals surface area contributed by atoms with Crippen LogP contribution in [0, 0.1) is 6.92 Å². The molecular formula is C20H20NO5S. The molecule has 0 fully saturated rings. The minimum Gasteiger partial charge on any atom is -0.507 e. The summed E-state index contributed by atoms with van der Waals surface area (Å²) < 4.78 is 31.0. The van der Waals surface area contributed by atoms with Crippen LogP contribution < -0.4 is 10.3 Å². The molecule has 0 aliphatic carbocycles. The SMILES string of the molecule is [CH2]CS(=O)(=O)Nc1cccc(CCCc2c(O)c3ccccc3oc2=O)c1. The van der Waals surface area contributed by atoms with Crippen LogP contribution in [0.3, 0.4) is 0 Å². The second-order valence-electron chi connectivity index (χ2n) is 6.19. The van der Waals surface area contributed by atoms with Crippen molar-refractivity contribution in [2.45, 2.75) is 19.3 Å². The Hall–Kier alpha value is -2.80. The summed E-state index contributed by atoms with van der Waals surface area (Å²) in [6.45, 7) is 3.38. The molecule has 0 atom stereocenters. The maximum Gasteiger partial charge on any atom is 0.343 e. The van der Waals surface area contributed by atoms with Crippen molar-refractivity contribution >= 4 is 26.7 Å². The van der Waals surface area contributed by atoms with Crippen LogP contribution in [0.15, 0.2) is 57.7 Å². The van der Waals surface area contributed by atoms with E-state index in [1.807, 2.05) is 6.07 Å². The maximum absolute atomic E-state index is 12.1. The standard InChI is InChI=1S/C20H20NO5S/c1-2-27(24,25)21-15-9-5-7-14(13-15)8-6-11-17-19(22)16-10-3-4-12-18(16)26-20(17)23/h3-5,7,9-10,12-13,21-22H,1-2,6,8,11H2. The van der Waals surface area contributed by atoms with E-state index in [9.17, 15) is 18.3 Å². The molecule has 0 spiro atoms. The molecule has 1 radical (unpaired) electrons. The summed E-state index contributed by atoms with van der Waals surface area (Å²) in [5.74, 6) is -0.285. The smallest absolute Gasteiger partial charge is 0.343 e. The van der Waals surface area contributed by atoms with Gasteiger partial charge in [0.15, 0.2) is 0 Å². The average Bonchev–Trinajstić information content (AvgIpc) is 2.64. The summed E-state index contributed by atoms with van der Waals surface area (Å²) in [7, 11) is -3.43. The fraction of sp³-hybridized carbons (Fsp3) is 0.200. The van der Waals surface area contributed by atoms with E-state index in [1.54, 1.807) is 42.5 Å². The van der Waals surface area contributed by atoms with Gasteiger partial charge in [0.25, 0.3) is 0 Å². The highest BCUT2D eigenvalue weighted by Gasteiger charge is 2.13. The molecule has 0 bridgehead atoms. The molecule has 0 unspecified atom stereocenters. The minimum atomic E-state index is -3.43. The van der Waals surface area contributed by atoms with Crippen molar-refractivity contribution < 1.29 is 17.9 Å². The molecule has 3 aromatic rings. The first-order valence-corrected chi connectivity index (χ1v) is 10.2. The van der Waals surface area contributed by atoms with Crippen LogP contribution in [0.4, 0.5) is 5.69 Å². The Balaban J connectivity index is 1.72. The zero-order valence-electron chi connectivity index (χ0n) is 14.6. The van der Waals surface area contributed by atoms with Crippen LogP contribution in [-0.2, 0) is 22.9 Å². The Bertz CT molecular complexity index is 1120. The van der Waals surface area contributed by atoms with Gasteiger partial charge in [-0.25, -0.2) is 13.2 Å². The van der Waals surface area contributed by atoms with Crippen molar-refractivity contribution in [2.75, 3.05) is 10.5 Å². The second kappa shape index (κ2) is 7.84. The third-order valence-electron chi connectivity index (χ3n) is 4.24. The summed E-state index contributed by atoms with van der Waals surface area (Å²) in [6, 6.07) is 13.9. The van der Waals surface area contributed by atoms with Gasteiger partial charge >= 0.3 is 5.63 Å². The van der Waals surface area contributed by atoms with Crippen LogP contribution >= 0.6 is 0 Å². The molecular weight excluding hydrogens is 366 g/mol. The van der Waals surface area contributed by atoms with Crippen LogP contribution in [0.2, 0.25) is 0 Å². The van der Waals surface area contributed by atoms with Crippen molar-refractivity contribution in [3.63, 3.8) is 0 Å². The molecule has 0 aliphatic heterocycles. The number of rotatable bonds is 7. The lowest BCUT2D eigenvalue weighted by molar-refractivity contribution is 0.455. The van der Waals surface area contributed by atoms with Gasteiger partial charge in [0, 0.05) is 5.69 Å². The Morgan fingerprint density at radius 3 is 2.63 bits per heavy atom. The number of hydrogen-bond acceptors (Lipinski definition) is 5. The van der Waals surface area contributed by atoms with E-state index in [2.05, 4.69) is 11.6 Å². The van der Waals surface area contributed by atoms with E-state index in [4.69, 9.17) is 4.42 Å². The Labute approximate surface area is 157 Å². The lowest BCUT2D eigenvalue weighted by Gasteiger charge is -2.09. The molecule has 0 saturated carbocycles. The zero-order valence-corrected chi connectivity index (χ0v) is 15.5. The van der Waals surface area contributed by atoms with Crippen LogP contribution in [0.5, 0.6) is 5.75 Å². The van der Waals surface area contributed by atoms with Crippen LogP contribution in [0.25, 0.3) is 11.0 Å². The first-order chi connectivity index (χ1) is 12.9. The van der Waals surface area contributed by atoms with Gasteiger partial charge in [0.1, 0.15) is 11.3 Å². The molecule has 2 N–H and O–H groups in total. The van der Waals surface area contributed by atoms with Gasteiger partial charge in [0.2, 0.25) is 10.0 Å². The quantitative estimate of drug-likeness (QED) is 0.608. The highest BCUT2D eigenvalue weighted by Crippen LogP contribution is 2.27. The molecule has 141 valence electrons. The highest BCUT2D eigenvalue weighted by atomic mass is 32.2. The molecule has 0 amide bonds. The van der Waals surface area contributed by atoms with Crippen molar-refractivity contribution in [3.8, 4) is 5.75 Å². The number of sulfonamides is 1. The number of hydrogen-bond donors (Lipinski definition) is 2. The molecule has 1 heterocycles. The van der Waals surface area contributed by atoms with E-state index in [1.165, 1.54) is 0 Å². The van der Waals surface area contributed by atoms with Gasteiger partial charge in [0.05, 0.1) is 16.7 Å². The highest BCUT2D eigenvalue weighted by molar-refractivity contribution is 7.92. The summed E-state index contributed by atoms with van der Waals surface area (Å²) in [5, 5.41) is 10.9. The average molecular weight is 386 g/mol. The number of para-hydroxylation sites is 1. The first kappa shape index (κ1) is 19.0. The number of nitrogens with one attached hydrogen (secondary N) is 1. The molecule has 0 saturated heterocycles.